The lowest BCUT2D eigenvalue weighted by molar-refractivity contribution is -0.190. The van der Waals surface area contributed by atoms with Crippen molar-refractivity contribution in [2.24, 2.45) is 11.3 Å². The minimum Gasteiger partial charge on any atom is -0.477 e. The van der Waals surface area contributed by atoms with Gasteiger partial charge in [0.15, 0.2) is 5.82 Å². The molecule has 2 bridgehead atoms. The molecule has 9 nitrogen and oxygen atoms in total. The summed E-state index contributed by atoms with van der Waals surface area (Å²) in [6.07, 6.45) is 2.97. The van der Waals surface area contributed by atoms with Crippen LogP contribution in [0.2, 0.25) is 0 Å². The molecule has 5 rings (SSSR count). The van der Waals surface area contributed by atoms with E-state index in [0.29, 0.717) is 28.0 Å². The third kappa shape index (κ3) is 6.40. The molecule has 1 unspecified atom stereocenters. The van der Waals surface area contributed by atoms with Gasteiger partial charge in [-0.3, -0.25) is 9.52 Å². The summed E-state index contributed by atoms with van der Waals surface area (Å²) in [5, 5.41) is 15.6. The third-order valence-electron chi connectivity index (χ3n) is 8.59. The van der Waals surface area contributed by atoms with Crippen molar-refractivity contribution in [1.29, 1.82) is 5.41 Å². The van der Waals surface area contributed by atoms with Gasteiger partial charge in [-0.15, -0.1) is 5.10 Å². The summed E-state index contributed by atoms with van der Waals surface area (Å²) in [6, 6.07) is 5.01. The number of anilines is 1. The van der Waals surface area contributed by atoms with Gasteiger partial charge in [-0.05, 0) is 89.3 Å². The van der Waals surface area contributed by atoms with Crippen LogP contribution in [0.1, 0.15) is 76.1 Å². The number of aromatic nitrogens is 3. The van der Waals surface area contributed by atoms with Gasteiger partial charge in [-0.2, -0.15) is 13.2 Å². The van der Waals surface area contributed by atoms with Crippen LogP contribution in [0.3, 0.4) is 0 Å². The standard InChI is InChI=1S/C29H38F3N7O2S/c1-19-22(17-33)42-37-26(40)21-7-8-23(35-25(21)38-18-20(16-27(38,2)3)6-4-5-13-34-19)39-14-9-24(36-39)41-15-12-28(10-11-28)29(30,31)32/h7-9,14,17,20,33-34H,4-6,10-13,15-16,18H2,1-3H3,(H,37,40)/b22-19+,33-17?. The second-order valence-corrected chi connectivity index (χ2v) is 12.9. The number of alkyl halides is 3. The highest BCUT2D eigenvalue weighted by molar-refractivity contribution is 8.02. The molecule has 2 aromatic heterocycles. The molecule has 228 valence electrons. The van der Waals surface area contributed by atoms with Crippen LogP contribution in [0, 0.1) is 16.7 Å². The number of rotatable bonds is 6. The highest BCUT2D eigenvalue weighted by atomic mass is 32.2. The predicted molar refractivity (Wildman–Crippen MR) is 157 cm³/mol. The summed E-state index contributed by atoms with van der Waals surface area (Å²) in [5.74, 6) is 1.36. The molecule has 3 N–H and O–H groups in total. The van der Waals surface area contributed by atoms with E-state index >= 15 is 0 Å². The number of hydrogen-bond donors (Lipinski definition) is 3. The number of amides is 1. The highest BCUT2D eigenvalue weighted by Crippen LogP contribution is 2.59. The van der Waals surface area contributed by atoms with Gasteiger partial charge < -0.3 is 20.4 Å². The largest absolute Gasteiger partial charge is 0.477 e. The highest BCUT2D eigenvalue weighted by Gasteiger charge is 2.62. The summed E-state index contributed by atoms with van der Waals surface area (Å²) >= 11 is 1.09. The van der Waals surface area contributed by atoms with Gasteiger partial charge >= 0.3 is 6.18 Å². The molecule has 1 saturated carbocycles. The van der Waals surface area contributed by atoms with Crippen LogP contribution in [0.15, 0.2) is 35.0 Å². The number of nitrogens with one attached hydrogen (secondary N) is 3. The van der Waals surface area contributed by atoms with Gasteiger partial charge in [-0.25, -0.2) is 9.67 Å². The van der Waals surface area contributed by atoms with E-state index in [9.17, 15) is 18.0 Å². The van der Waals surface area contributed by atoms with Gasteiger partial charge in [0, 0.05) is 42.8 Å². The number of halogens is 3. The Morgan fingerprint density at radius 1 is 1.24 bits per heavy atom. The Balaban J connectivity index is 1.40. The van der Waals surface area contributed by atoms with Crippen LogP contribution >= 0.6 is 11.9 Å². The number of hydrogen-bond acceptors (Lipinski definition) is 8. The van der Waals surface area contributed by atoms with Crippen molar-refractivity contribution < 1.29 is 22.7 Å². The van der Waals surface area contributed by atoms with Gasteiger partial charge in [0.05, 0.1) is 22.5 Å². The first-order valence-corrected chi connectivity index (χ1v) is 15.2. The second-order valence-electron chi connectivity index (χ2n) is 12.1. The average molecular weight is 606 g/mol. The Labute approximate surface area is 248 Å². The number of pyridine rings is 1. The summed E-state index contributed by atoms with van der Waals surface area (Å²) in [6.45, 7) is 7.72. The molecule has 1 aliphatic carbocycles. The van der Waals surface area contributed by atoms with Crippen LogP contribution in [-0.2, 0) is 0 Å². The zero-order chi connectivity index (χ0) is 30.1. The van der Waals surface area contributed by atoms with E-state index in [1.807, 2.05) is 6.92 Å². The smallest absolute Gasteiger partial charge is 0.394 e. The molecule has 2 fully saturated rings. The van der Waals surface area contributed by atoms with Gasteiger partial charge in [-0.1, -0.05) is 6.42 Å². The summed E-state index contributed by atoms with van der Waals surface area (Å²) in [4.78, 5) is 21.2. The van der Waals surface area contributed by atoms with Crippen molar-refractivity contribution in [3.63, 3.8) is 0 Å². The van der Waals surface area contributed by atoms with Crippen molar-refractivity contribution >= 4 is 29.9 Å². The zero-order valence-electron chi connectivity index (χ0n) is 24.2. The Bertz CT molecular complexity index is 1350. The molecule has 13 heteroatoms. The maximum absolute atomic E-state index is 13.5. The van der Waals surface area contributed by atoms with Gasteiger partial charge in [0.25, 0.3) is 5.91 Å². The fourth-order valence-corrected chi connectivity index (χ4v) is 6.48. The maximum Gasteiger partial charge on any atom is 0.394 e. The number of fused-ring (bicyclic) bond motifs is 4. The molecule has 2 aromatic rings. The molecule has 0 spiro atoms. The quantitative estimate of drug-likeness (QED) is 0.273. The first-order valence-electron chi connectivity index (χ1n) is 14.4. The van der Waals surface area contributed by atoms with E-state index in [1.54, 1.807) is 24.4 Å². The summed E-state index contributed by atoms with van der Waals surface area (Å²) < 4.78 is 49.7. The lowest BCUT2D eigenvalue weighted by atomic mass is 9.93. The molecule has 2 aliphatic heterocycles. The zero-order valence-corrected chi connectivity index (χ0v) is 25.0. The molecule has 3 aliphatic rings. The molecular formula is C29H38F3N7O2S. The number of nitrogens with zero attached hydrogens (tertiary/aromatic N) is 4. The normalized spacial score (nSPS) is 24.1. The van der Waals surface area contributed by atoms with E-state index < -0.39 is 11.6 Å². The molecule has 0 radical (unpaired) electrons. The number of ether oxygens (including phenoxy) is 1. The third-order valence-corrected chi connectivity index (χ3v) is 9.52. The minimum atomic E-state index is -4.21. The molecule has 0 aromatic carbocycles. The van der Waals surface area contributed by atoms with Crippen molar-refractivity contribution in [3.8, 4) is 11.7 Å². The predicted octanol–water partition coefficient (Wildman–Crippen LogP) is 6.02. The Morgan fingerprint density at radius 3 is 2.74 bits per heavy atom. The number of carbonyl (C=O) groups is 1. The van der Waals surface area contributed by atoms with E-state index in [4.69, 9.17) is 15.1 Å². The summed E-state index contributed by atoms with van der Waals surface area (Å²) in [5.41, 5.74) is -0.605. The van der Waals surface area contributed by atoms with Crippen LogP contribution in [0.5, 0.6) is 5.88 Å². The van der Waals surface area contributed by atoms with Crippen molar-refractivity contribution in [2.75, 3.05) is 24.6 Å². The molecule has 42 heavy (non-hydrogen) atoms. The first-order chi connectivity index (χ1) is 19.9. The van der Waals surface area contributed by atoms with Gasteiger partial charge in [0.1, 0.15) is 5.82 Å². The Morgan fingerprint density at radius 2 is 2.02 bits per heavy atom. The average Bonchev–Trinajstić information content (AvgIpc) is 3.49. The molecular weight excluding hydrogens is 567 g/mol. The maximum atomic E-state index is 13.5. The Hall–Kier alpha value is -3.22. The van der Waals surface area contributed by atoms with E-state index in [-0.39, 0.29) is 43.2 Å². The minimum absolute atomic E-state index is 0.0729. The van der Waals surface area contributed by atoms with Crippen molar-refractivity contribution in [3.05, 3.63) is 40.6 Å². The molecule has 4 heterocycles. The van der Waals surface area contributed by atoms with E-state index in [0.717, 1.165) is 56.4 Å². The number of allylic oxidation sites excluding steroid dienone is 2. The fourth-order valence-electron chi connectivity index (χ4n) is 5.88. The van der Waals surface area contributed by atoms with Crippen LogP contribution in [0.25, 0.3) is 5.82 Å². The van der Waals surface area contributed by atoms with Gasteiger partial charge in [0.2, 0.25) is 5.88 Å². The van der Waals surface area contributed by atoms with Crippen LogP contribution in [0.4, 0.5) is 19.0 Å². The lowest BCUT2D eigenvalue weighted by Crippen LogP contribution is -2.40. The van der Waals surface area contributed by atoms with Crippen molar-refractivity contribution in [2.45, 2.75) is 77.4 Å². The Kier molecular flexibility index (Phi) is 8.51. The van der Waals surface area contributed by atoms with E-state index in [1.165, 1.54) is 10.9 Å². The van der Waals surface area contributed by atoms with E-state index in [2.05, 4.69) is 33.9 Å². The number of carbonyl (C=O) groups excluding carboxylic acids is 1. The molecule has 1 saturated heterocycles. The molecule has 1 amide bonds. The lowest BCUT2D eigenvalue weighted by Gasteiger charge is -2.34. The SMILES string of the molecule is C/C1=C(/C=N)SNC(=O)c2ccc(-n3ccc(OCCC4(C(F)(F)F)CC4)n3)nc2N2CC(CCCCN1)CC2(C)C. The first kappa shape index (κ1) is 30.2. The van der Waals surface area contributed by atoms with Crippen LogP contribution < -0.4 is 19.7 Å². The topological polar surface area (TPSA) is 108 Å². The van der Waals surface area contributed by atoms with Crippen molar-refractivity contribution in [1.82, 2.24) is 24.8 Å². The summed E-state index contributed by atoms with van der Waals surface area (Å²) in [7, 11) is 0. The second kappa shape index (κ2) is 11.8. The fraction of sp³-hybridized carbons (Fsp3) is 0.586. The monoisotopic (exact) mass is 605 g/mol. The van der Waals surface area contributed by atoms with Crippen LogP contribution in [-0.4, -0.2) is 58.3 Å². The molecule has 1 atom stereocenters.